The van der Waals surface area contributed by atoms with Crippen molar-refractivity contribution in [3.63, 3.8) is 0 Å². The van der Waals surface area contributed by atoms with Crippen LogP contribution in [-0.4, -0.2) is 29.5 Å². The molecule has 1 aliphatic rings. The Morgan fingerprint density at radius 3 is 2.27 bits per heavy atom. The number of nitrogens with two attached hydrogens (primary N) is 1. The minimum absolute atomic E-state index is 0.132. The third kappa shape index (κ3) is 2.15. The van der Waals surface area contributed by atoms with Gasteiger partial charge < -0.3 is 15.6 Å². The van der Waals surface area contributed by atoms with Gasteiger partial charge in [-0.25, -0.2) is 0 Å². The number of hydrogen-bond donors (Lipinski definition) is 2. The van der Waals surface area contributed by atoms with E-state index >= 15 is 0 Å². The summed E-state index contributed by atoms with van der Waals surface area (Å²) in [6.07, 6.45) is 1.58. The molecular formula is C8H17NO2. The van der Waals surface area contributed by atoms with E-state index in [1.165, 1.54) is 0 Å². The Balaban J connectivity index is 2.55. The van der Waals surface area contributed by atoms with Crippen molar-refractivity contribution in [2.75, 3.05) is 6.54 Å². The van der Waals surface area contributed by atoms with Gasteiger partial charge in [0.1, 0.15) is 0 Å². The summed E-state index contributed by atoms with van der Waals surface area (Å²) >= 11 is 0. The van der Waals surface area contributed by atoms with Crippen molar-refractivity contribution >= 4 is 0 Å². The summed E-state index contributed by atoms with van der Waals surface area (Å²) in [6.45, 7) is 4.28. The lowest BCUT2D eigenvalue weighted by atomic mass is 9.88. The zero-order chi connectivity index (χ0) is 8.48. The Morgan fingerprint density at radius 2 is 1.91 bits per heavy atom. The highest BCUT2D eigenvalue weighted by atomic mass is 16.5. The third-order valence-corrected chi connectivity index (χ3v) is 2.18. The Morgan fingerprint density at radius 1 is 1.45 bits per heavy atom. The van der Waals surface area contributed by atoms with Crippen molar-refractivity contribution in [2.45, 2.75) is 44.5 Å². The minimum atomic E-state index is -0.683. The second-order valence-electron chi connectivity index (χ2n) is 3.59. The number of rotatable bonds is 1. The number of hydrogen-bond acceptors (Lipinski definition) is 3. The summed E-state index contributed by atoms with van der Waals surface area (Å²) in [5.41, 5.74) is 4.77. The second kappa shape index (κ2) is 3.09. The fourth-order valence-electron chi connectivity index (χ4n) is 1.81. The maximum Gasteiger partial charge on any atom is 0.0818 e. The van der Waals surface area contributed by atoms with Crippen LogP contribution in [0.4, 0.5) is 0 Å². The van der Waals surface area contributed by atoms with E-state index in [2.05, 4.69) is 0 Å². The lowest BCUT2D eigenvalue weighted by molar-refractivity contribution is -0.126. The molecule has 0 aromatic carbocycles. The van der Waals surface area contributed by atoms with Crippen LogP contribution < -0.4 is 5.73 Å². The third-order valence-electron chi connectivity index (χ3n) is 2.18. The summed E-state index contributed by atoms with van der Waals surface area (Å²) in [6, 6.07) is 0. The van der Waals surface area contributed by atoms with Crippen molar-refractivity contribution in [1.29, 1.82) is 0 Å². The maximum atomic E-state index is 9.82. The van der Waals surface area contributed by atoms with E-state index in [0.29, 0.717) is 19.4 Å². The molecule has 0 aromatic rings. The molecule has 1 heterocycles. The monoisotopic (exact) mass is 159 g/mol. The van der Waals surface area contributed by atoms with Crippen LogP contribution in [0.5, 0.6) is 0 Å². The van der Waals surface area contributed by atoms with Gasteiger partial charge in [-0.1, -0.05) is 0 Å². The summed E-state index contributed by atoms with van der Waals surface area (Å²) in [5.74, 6) is 0. The van der Waals surface area contributed by atoms with Crippen molar-refractivity contribution in [2.24, 2.45) is 5.73 Å². The molecule has 0 saturated carbocycles. The normalized spacial score (nSPS) is 45.8. The molecule has 1 rings (SSSR count). The second-order valence-corrected chi connectivity index (χ2v) is 3.59. The minimum Gasteiger partial charge on any atom is -0.388 e. The smallest absolute Gasteiger partial charge is 0.0818 e. The molecule has 0 bridgehead atoms. The van der Waals surface area contributed by atoms with Crippen LogP contribution in [0.2, 0.25) is 0 Å². The highest BCUT2D eigenvalue weighted by Gasteiger charge is 2.35. The van der Waals surface area contributed by atoms with Gasteiger partial charge in [-0.3, -0.25) is 0 Å². The quantitative estimate of drug-likeness (QED) is 0.577. The van der Waals surface area contributed by atoms with Gasteiger partial charge in [0.25, 0.3) is 0 Å². The predicted octanol–water partition coefficient (Wildman–Crippen LogP) is 0.264. The molecule has 0 amide bonds. The Kier molecular flexibility index (Phi) is 2.52. The maximum absolute atomic E-state index is 9.82. The number of ether oxygens (including phenoxy) is 1. The first-order valence-corrected chi connectivity index (χ1v) is 4.14. The molecule has 0 aliphatic carbocycles. The zero-order valence-electron chi connectivity index (χ0n) is 7.21. The molecule has 0 radical (unpaired) electrons. The lowest BCUT2D eigenvalue weighted by Crippen LogP contribution is -2.48. The van der Waals surface area contributed by atoms with Crippen molar-refractivity contribution in [3.05, 3.63) is 0 Å². The highest BCUT2D eigenvalue weighted by Crippen LogP contribution is 2.27. The first kappa shape index (κ1) is 8.97. The van der Waals surface area contributed by atoms with Crippen LogP contribution in [0.1, 0.15) is 26.7 Å². The van der Waals surface area contributed by atoms with Crippen molar-refractivity contribution in [1.82, 2.24) is 0 Å². The molecule has 3 heteroatoms. The lowest BCUT2D eigenvalue weighted by Gasteiger charge is -2.38. The van der Waals surface area contributed by atoms with Crippen LogP contribution in [0.25, 0.3) is 0 Å². The molecular weight excluding hydrogens is 142 g/mol. The van der Waals surface area contributed by atoms with Crippen molar-refractivity contribution < 1.29 is 9.84 Å². The average molecular weight is 159 g/mol. The van der Waals surface area contributed by atoms with Gasteiger partial charge in [-0.15, -0.1) is 0 Å². The van der Waals surface area contributed by atoms with E-state index in [-0.39, 0.29) is 12.2 Å². The van der Waals surface area contributed by atoms with Crippen molar-refractivity contribution in [3.8, 4) is 0 Å². The topological polar surface area (TPSA) is 55.5 Å². The molecule has 0 spiro atoms. The van der Waals surface area contributed by atoms with Gasteiger partial charge in [0.15, 0.2) is 0 Å². The van der Waals surface area contributed by atoms with Gasteiger partial charge in [-0.05, 0) is 13.8 Å². The van der Waals surface area contributed by atoms with Crippen LogP contribution >= 0.6 is 0 Å². The summed E-state index contributed by atoms with van der Waals surface area (Å²) in [4.78, 5) is 0. The first-order chi connectivity index (χ1) is 5.06. The first-order valence-electron chi connectivity index (χ1n) is 4.14. The summed E-state index contributed by atoms with van der Waals surface area (Å²) in [5, 5.41) is 9.82. The van der Waals surface area contributed by atoms with Crippen LogP contribution in [0.15, 0.2) is 0 Å². The van der Waals surface area contributed by atoms with E-state index in [1.807, 2.05) is 13.8 Å². The van der Waals surface area contributed by atoms with E-state index < -0.39 is 5.60 Å². The fourth-order valence-corrected chi connectivity index (χ4v) is 1.81. The molecule has 3 N–H and O–H groups in total. The van der Waals surface area contributed by atoms with Gasteiger partial charge in [-0.2, -0.15) is 0 Å². The molecule has 1 fully saturated rings. The largest absolute Gasteiger partial charge is 0.388 e. The van der Waals surface area contributed by atoms with Crippen LogP contribution in [0, 0.1) is 0 Å². The molecule has 66 valence electrons. The highest BCUT2D eigenvalue weighted by molar-refractivity contribution is 4.87. The molecule has 2 atom stereocenters. The SMILES string of the molecule is CC1CC(O)(CN)CC(C)O1. The molecule has 2 unspecified atom stereocenters. The average Bonchev–Trinajstić information content (AvgIpc) is 1.84. The van der Waals surface area contributed by atoms with Gasteiger partial charge in [0, 0.05) is 19.4 Å². The molecule has 3 nitrogen and oxygen atoms in total. The van der Waals surface area contributed by atoms with Gasteiger partial charge in [0.2, 0.25) is 0 Å². The van der Waals surface area contributed by atoms with Gasteiger partial charge in [0.05, 0.1) is 17.8 Å². The van der Waals surface area contributed by atoms with E-state index in [9.17, 15) is 5.11 Å². The van der Waals surface area contributed by atoms with E-state index in [4.69, 9.17) is 10.5 Å². The predicted molar refractivity (Wildman–Crippen MR) is 43.2 cm³/mol. The summed E-state index contributed by atoms with van der Waals surface area (Å²) in [7, 11) is 0. The van der Waals surface area contributed by atoms with E-state index in [1.54, 1.807) is 0 Å². The Hall–Kier alpha value is -0.120. The van der Waals surface area contributed by atoms with Gasteiger partial charge >= 0.3 is 0 Å². The zero-order valence-corrected chi connectivity index (χ0v) is 7.21. The van der Waals surface area contributed by atoms with Crippen LogP contribution in [-0.2, 0) is 4.74 Å². The Bertz CT molecular complexity index is 128. The Labute approximate surface area is 67.5 Å². The van der Waals surface area contributed by atoms with Crippen LogP contribution in [0.3, 0.4) is 0 Å². The van der Waals surface area contributed by atoms with E-state index in [0.717, 1.165) is 0 Å². The summed E-state index contributed by atoms with van der Waals surface area (Å²) < 4.78 is 5.47. The number of aliphatic hydroxyl groups is 1. The molecule has 1 saturated heterocycles. The molecule has 1 aliphatic heterocycles. The molecule has 0 aromatic heterocycles. The molecule has 11 heavy (non-hydrogen) atoms. The standard InChI is InChI=1S/C8H17NO2/c1-6-3-8(10,5-9)4-7(2)11-6/h6-7,10H,3-5,9H2,1-2H3. The fraction of sp³-hybridized carbons (Fsp3) is 1.00.